The fraction of sp³-hybridized carbons (Fsp3) is 0.125. The van der Waals surface area contributed by atoms with Crippen molar-refractivity contribution in [3.05, 3.63) is 62.5 Å². The van der Waals surface area contributed by atoms with E-state index in [0.29, 0.717) is 21.3 Å². The Labute approximate surface area is 157 Å². The van der Waals surface area contributed by atoms with Gasteiger partial charge in [0.25, 0.3) is 5.91 Å². The maximum Gasteiger partial charge on any atom is 0.319 e. The first-order valence-corrected chi connectivity index (χ1v) is 8.55. The van der Waals surface area contributed by atoms with Gasteiger partial charge in [0.1, 0.15) is 0 Å². The van der Waals surface area contributed by atoms with Crippen LogP contribution in [0, 0.1) is 0 Å². The highest BCUT2D eigenvalue weighted by atomic mass is 79.9. The summed E-state index contributed by atoms with van der Waals surface area (Å²) in [7, 11) is 0. The number of anilines is 1. The number of amides is 3. The first kappa shape index (κ1) is 18.6. The summed E-state index contributed by atoms with van der Waals surface area (Å²) in [5.74, 6) is -0.290. The van der Waals surface area contributed by atoms with Crippen LogP contribution in [0.15, 0.2) is 46.9 Å². The predicted octanol–water partition coefficient (Wildman–Crippen LogP) is 4.31. The van der Waals surface area contributed by atoms with Crippen molar-refractivity contribution < 1.29 is 9.59 Å². The zero-order chi connectivity index (χ0) is 17.5. The molecule has 0 saturated heterocycles. The van der Waals surface area contributed by atoms with Crippen LogP contribution in [0.25, 0.3) is 0 Å². The molecule has 0 bridgehead atoms. The predicted molar refractivity (Wildman–Crippen MR) is 100.0 cm³/mol. The van der Waals surface area contributed by atoms with Crippen molar-refractivity contribution in [3.63, 3.8) is 0 Å². The molecule has 3 amide bonds. The normalized spacial score (nSPS) is 10.1. The highest BCUT2D eigenvalue weighted by Gasteiger charge is 2.08. The molecule has 24 heavy (non-hydrogen) atoms. The molecular weight excluding hydrogens is 417 g/mol. The number of halogens is 3. The maximum absolute atomic E-state index is 11.9. The number of hydrogen-bond acceptors (Lipinski definition) is 2. The van der Waals surface area contributed by atoms with Crippen LogP contribution in [0.5, 0.6) is 0 Å². The number of para-hydroxylation sites is 1. The second kappa shape index (κ2) is 8.92. The van der Waals surface area contributed by atoms with Crippen LogP contribution in [0.3, 0.4) is 0 Å². The summed E-state index contributed by atoms with van der Waals surface area (Å²) in [6.45, 7) is 0.561. The van der Waals surface area contributed by atoms with Crippen LogP contribution < -0.4 is 16.0 Å². The molecule has 0 unspecified atom stereocenters. The van der Waals surface area contributed by atoms with E-state index in [1.165, 1.54) is 6.07 Å². The van der Waals surface area contributed by atoms with Gasteiger partial charge in [-0.15, -0.1) is 0 Å². The zero-order valence-corrected chi connectivity index (χ0v) is 15.5. The Hall–Kier alpha value is -1.76. The second-order valence-corrected chi connectivity index (χ2v) is 6.41. The number of nitrogens with one attached hydrogen (secondary N) is 3. The quantitative estimate of drug-likeness (QED) is 0.618. The fourth-order valence-corrected chi connectivity index (χ4v) is 2.50. The van der Waals surface area contributed by atoms with Gasteiger partial charge in [0, 0.05) is 23.1 Å². The van der Waals surface area contributed by atoms with E-state index in [2.05, 4.69) is 31.9 Å². The Kier molecular flexibility index (Phi) is 6.90. The Morgan fingerprint density at radius 3 is 2.38 bits per heavy atom. The van der Waals surface area contributed by atoms with Crippen molar-refractivity contribution >= 4 is 56.8 Å². The van der Waals surface area contributed by atoms with E-state index in [4.69, 9.17) is 23.2 Å². The topological polar surface area (TPSA) is 70.2 Å². The largest absolute Gasteiger partial charge is 0.350 e. The average molecular weight is 431 g/mol. The summed E-state index contributed by atoms with van der Waals surface area (Å²) in [6.07, 6.45) is 0. The molecule has 126 valence electrons. The Balaban J connectivity index is 1.74. The minimum absolute atomic E-state index is 0.280. The van der Waals surface area contributed by atoms with Crippen LogP contribution in [0.4, 0.5) is 10.5 Å². The highest BCUT2D eigenvalue weighted by molar-refractivity contribution is 9.10. The Bertz CT molecular complexity index is 756. The molecule has 2 aromatic rings. The van der Waals surface area contributed by atoms with E-state index in [1.54, 1.807) is 18.2 Å². The van der Waals surface area contributed by atoms with Crippen LogP contribution >= 0.6 is 39.1 Å². The van der Waals surface area contributed by atoms with Gasteiger partial charge in [0.15, 0.2) is 0 Å². The molecule has 0 atom stereocenters. The lowest BCUT2D eigenvalue weighted by molar-refractivity contribution is 0.0954. The first-order valence-electron chi connectivity index (χ1n) is 7.00. The molecule has 2 aromatic carbocycles. The molecule has 0 aliphatic carbocycles. The minimum atomic E-state index is -0.356. The van der Waals surface area contributed by atoms with Gasteiger partial charge < -0.3 is 16.0 Å². The van der Waals surface area contributed by atoms with Gasteiger partial charge in [-0.1, -0.05) is 35.3 Å². The van der Waals surface area contributed by atoms with Crippen molar-refractivity contribution in [2.75, 3.05) is 18.4 Å². The van der Waals surface area contributed by atoms with Crippen molar-refractivity contribution in [2.24, 2.45) is 0 Å². The van der Waals surface area contributed by atoms with E-state index >= 15 is 0 Å². The van der Waals surface area contributed by atoms with Crippen LogP contribution in [0.2, 0.25) is 10.0 Å². The third-order valence-corrected chi connectivity index (χ3v) is 4.43. The lowest BCUT2D eigenvalue weighted by Crippen LogP contribution is -2.36. The number of hydrogen-bond donors (Lipinski definition) is 3. The van der Waals surface area contributed by atoms with Crippen molar-refractivity contribution in [1.82, 2.24) is 10.6 Å². The molecule has 0 aliphatic rings. The van der Waals surface area contributed by atoms with Crippen molar-refractivity contribution in [3.8, 4) is 0 Å². The summed E-state index contributed by atoms with van der Waals surface area (Å²) in [6, 6.07) is 11.5. The van der Waals surface area contributed by atoms with E-state index in [1.807, 2.05) is 18.2 Å². The molecule has 0 aliphatic heterocycles. The van der Waals surface area contributed by atoms with Crippen molar-refractivity contribution in [1.29, 1.82) is 0 Å². The number of benzene rings is 2. The number of carbonyl (C=O) groups is 2. The SMILES string of the molecule is O=C(NCCNC(=O)c1ccc(Cl)c(Cl)c1)Nc1ccccc1Br. The molecule has 5 nitrogen and oxygen atoms in total. The number of carbonyl (C=O) groups excluding carboxylic acids is 2. The lowest BCUT2D eigenvalue weighted by Gasteiger charge is -2.10. The zero-order valence-electron chi connectivity index (χ0n) is 12.4. The summed E-state index contributed by atoms with van der Waals surface area (Å²) in [4.78, 5) is 23.7. The smallest absolute Gasteiger partial charge is 0.319 e. The van der Waals surface area contributed by atoms with Gasteiger partial charge in [0.05, 0.1) is 15.7 Å². The number of urea groups is 1. The van der Waals surface area contributed by atoms with E-state index in [9.17, 15) is 9.59 Å². The average Bonchev–Trinajstić information content (AvgIpc) is 2.56. The van der Waals surface area contributed by atoms with Gasteiger partial charge >= 0.3 is 6.03 Å². The summed E-state index contributed by atoms with van der Waals surface area (Å²) >= 11 is 15.0. The monoisotopic (exact) mass is 429 g/mol. The highest BCUT2D eigenvalue weighted by Crippen LogP contribution is 2.22. The molecule has 0 heterocycles. The summed E-state index contributed by atoms with van der Waals surface area (Å²) in [5, 5.41) is 8.74. The van der Waals surface area contributed by atoms with Crippen LogP contribution in [0.1, 0.15) is 10.4 Å². The summed E-state index contributed by atoms with van der Waals surface area (Å²) in [5.41, 5.74) is 1.07. The fourth-order valence-electron chi connectivity index (χ4n) is 1.82. The lowest BCUT2D eigenvalue weighted by atomic mass is 10.2. The third-order valence-electron chi connectivity index (χ3n) is 3.00. The van der Waals surface area contributed by atoms with E-state index < -0.39 is 0 Å². The minimum Gasteiger partial charge on any atom is -0.350 e. The van der Waals surface area contributed by atoms with Crippen LogP contribution in [-0.2, 0) is 0 Å². The van der Waals surface area contributed by atoms with Gasteiger partial charge in [-0.05, 0) is 46.3 Å². The standard InChI is InChI=1S/C16H14BrCl2N3O2/c17-11-3-1-2-4-14(11)22-16(24)21-8-7-20-15(23)10-5-6-12(18)13(19)9-10/h1-6,9H,7-8H2,(H,20,23)(H2,21,22,24). The first-order chi connectivity index (χ1) is 11.5. The van der Waals surface area contributed by atoms with Crippen LogP contribution in [-0.4, -0.2) is 25.0 Å². The molecule has 8 heteroatoms. The van der Waals surface area contributed by atoms with Crippen molar-refractivity contribution in [2.45, 2.75) is 0 Å². The Morgan fingerprint density at radius 2 is 1.67 bits per heavy atom. The Morgan fingerprint density at radius 1 is 0.958 bits per heavy atom. The summed E-state index contributed by atoms with van der Waals surface area (Å²) < 4.78 is 0.785. The van der Waals surface area contributed by atoms with E-state index in [0.717, 1.165) is 4.47 Å². The molecule has 0 spiro atoms. The molecule has 0 fully saturated rings. The van der Waals surface area contributed by atoms with Gasteiger partial charge in [-0.25, -0.2) is 4.79 Å². The number of rotatable bonds is 5. The van der Waals surface area contributed by atoms with Gasteiger partial charge in [-0.3, -0.25) is 4.79 Å². The molecular formula is C16H14BrCl2N3O2. The third kappa shape index (κ3) is 5.40. The molecule has 2 rings (SSSR count). The van der Waals surface area contributed by atoms with Gasteiger partial charge in [-0.2, -0.15) is 0 Å². The molecule has 0 radical (unpaired) electrons. The molecule has 0 aromatic heterocycles. The molecule has 3 N–H and O–H groups in total. The second-order valence-electron chi connectivity index (χ2n) is 4.75. The van der Waals surface area contributed by atoms with Gasteiger partial charge in [0.2, 0.25) is 0 Å². The maximum atomic E-state index is 11.9. The van der Waals surface area contributed by atoms with E-state index in [-0.39, 0.29) is 25.0 Å². The molecule has 0 saturated carbocycles.